The molecule has 118 valence electrons. The Morgan fingerprint density at radius 2 is 2.29 bits per heavy atom. The number of aromatic nitrogens is 2. The van der Waals surface area contributed by atoms with Crippen LogP contribution in [0.2, 0.25) is 0 Å². The molecule has 2 rings (SSSR count). The fourth-order valence-electron chi connectivity index (χ4n) is 2.55. The second-order valence-corrected chi connectivity index (χ2v) is 5.77. The van der Waals surface area contributed by atoms with Crippen molar-refractivity contribution in [3.8, 4) is 0 Å². The highest BCUT2D eigenvalue weighted by molar-refractivity contribution is 5.95. The summed E-state index contributed by atoms with van der Waals surface area (Å²) in [7, 11) is 1.49. The summed E-state index contributed by atoms with van der Waals surface area (Å²) >= 11 is 0. The highest BCUT2D eigenvalue weighted by Crippen LogP contribution is 2.26. The minimum Gasteiger partial charge on any atom is -0.394 e. The first-order valence-electron chi connectivity index (χ1n) is 6.63. The highest BCUT2D eigenvalue weighted by Gasteiger charge is 2.37. The first kappa shape index (κ1) is 15.8. The molecule has 0 aliphatic carbocycles. The van der Waals surface area contributed by atoms with E-state index in [2.05, 4.69) is 5.10 Å². The third-order valence-corrected chi connectivity index (χ3v) is 3.27. The van der Waals surface area contributed by atoms with Crippen molar-refractivity contribution in [1.29, 1.82) is 0 Å². The zero-order valence-corrected chi connectivity index (χ0v) is 12.2. The predicted molar refractivity (Wildman–Crippen MR) is 70.1 cm³/mol. The number of hydrogen-bond donors (Lipinski definition) is 1. The number of rotatable bonds is 3. The van der Waals surface area contributed by atoms with E-state index < -0.39 is 29.7 Å². The van der Waals surface area contributed by atoms with Crippen LogP contribution in [-0.4, -0.2) is 57.1 Å². The van der Waals surface area contributed by atoms with Gasteiger partial charge >= 0.3 is 0 Å². The number of halogens is 2. The number of aliphatic hydroxyl groups excluding tert-OH is 1. The van der Waals surface area contributed by atoms with Gasteiger partial charge in [-0.1, -0.05) is 0 Å². The van der Waals surface area contributed by atoms with Crippen LogP contribution in [0.5, 0.6) is 0 Å². The number of aliphatic hydroxyl groups is 1. The molecule has 1 unspecified atom stereocenters. The van der Waals surface area contributed by atoms with Crippen LogP contribution in [0.15, 0.2) is 6.20 Å². The summed E-state index contributed by atoms with van der Waals surface area (Å²) in [5.41, 5.74) is -1.27. The number of hydrogen-bond acceptors (Lipinski definition) is 4. The second kappa shape index (κ2) is 5.69. The molecule has 1 aromatic rings. The van der Waals surface area contributed by atoms with Crippen LogP contribution in [0.4, 0.5) is 8.78 Å². The summed E-state index contributed by atoms with van der Waals surface area (Å²) < 4.78 is 32.7. The SMILES string of the molecule is Cn1cc(C(=O)N2CC(CO)OC(C)(C)C2)c(C(F)F)n1. The number of carbonyl (C=O) groups is 1. The maximum Gasteiger partial charge on any atom is 0.282 e. The zero-order valence-electron chi connectivity index (χ0n) is 12.2. The van der Waals surface area contributed by atoms with E-state index in [4.69, 9.17) is 4.74 Å². The van der Waals surface area contributed by atoms with Gasteiger partial charge in [0.15, 0.2) is 0 Å². The minimum absolute atomic E-state index is 0.109. The van der Waals surface area contributed by atoms with Crippen molar-refractivity contribution in [2.45, 2.75) is 32.0 Å². The van der Waals surface area contributed by atoms with Crippen molar-refractivity contribution in [3.05, 3.63) is 17.5 Å². The summed E-state index contributed by atoms with van der Waals surface area (Å²) in [5.74, 6) is -0.520. The third-order valence-electron chi connectivity index (χ3n) is 3.27. The monoisotopic (exact) mass is 303 g/mol. The molecule has 1 saturated heterocycles. The van der Waals surface area contributed by atoms with E-state index in [0.717, 1.165) is 0 Å². The van der Waals surface area contributed by atoms with Gasteiger partial charge in [-0.25, -0.2) is 8.78 Å². The summed E-state index contributed by atoms with van der Waals surface area (Å²) in [6, 6.07) is 0. The van der Waals surface area contributed by atoms with Gasteiger partial charge in [0, 0.05) is 26.3 Å². The van der Waals surface area contributed by atoms with Gasteiger partial charge in [-0.3, -0.25) is 9.48 Å². The Morgan fingerprint density at radius 1 is 1.62 bits per heavy atom. The number of carbonyl (C=O) groups excluding carboxylic acids is 1. The van der Waals surface area contributed by atoms with Gasteiger partial charge in [-0.2, -0.15) is 5.10 Å². The summed E-state index contributed by atoms with van der Waals surface area (Å²) in [6.07, 6.45) is -2.04. The van der Waals surface area contributed by atoms with E-state index in [0.29, 0.717) is 0 Å². The molecule has 1 aliphatic rings. The van der Waals surface area contributed by atoms with Crippen molar-refractivity contribution in [1.82, 2.24) is 14.7 Å². The van der Waals surface area contributed by atoms with Crippen molar-refractivity contribution < 1.29 is 23.4 Å². The van der Waals surface area contributed by atoms with Crippen LogP contribution in [0, 0.1) is 0 Å². The zero-order chi connectivity index (χ0) is 15.8. The van der Waals surface area contributed by atoms with E-state index in [1.807, 2.05) is 0 Å². The Kier molecular flexibility index (Phi) is 4.29. The lowest BCUT2D eigenvalue weighted by Crippen LogP contribution is -2.55. The van der Waals surface area contributed by atoms with E-state index in [1.165, 1.54) is 22.8 Å². The Balaban J connectivity index is 2.27. The Morgan fingerprint density at radius 3 is 2.86 bits per heavy atom. The molecular formula is C13H19F2N3O3. The first-order chi connectivity index (χ1) is 9.73. The van der Waals surface area contributed by atoms with Crippen molar-refractivity contribution in [3.63, 3.8) is 0 Å². The average Bonchev–Trinajstić information content (AvgIpc) is 2.78. The molecule has 1 fully saturated rings. The molecule has 2 heterocycles. The highest BCUT2D eigenvalue weighted by atomic mass is 19.3. The van der Waals surface area contributed by atoms with Crippen molar-refractivity contribution in [2.75, 3.05) is 19.7 Å². The maximum atomic E-state index is 13.0. The lowest BCUT2D eigenvalue weighted by atomic mass is 10.0. The van der Waals surface area contributed by atoms with Crippen LogP contribution < -0.4 is 0 Å². The van der Waals surface area contributed by atoms with Crippen LogP contribution in [0.3, 0.4) is 0 Å². The standard InChI is InChI=1S/C13H19F2N3O3/c1-13(2)7-18(4-8(6-19)21-13)12(20)9-5-17(3)16-10(9)11(14)15/h5,8,11,19H,4,6-7H2,1-3H3. The normalized spacial score (nSPS) is 21.9. The maximum absolute atomic E-state index is 13.0. The molecular weight excluding hydrogens is 284 g/mol. The van der Waals surface area contributed by atoms with Gasteiger partial charge < -0.3 is 14.7 Å². The molecule has 0 bridgehead atoms. The Hall–Kier alpha value is -1.54. The Bertz CT molecular complexity index is 531. The van der Waals surface area contributed by atoms with Crippen LogP contribution in [-0.2, 0) is 11.8 Å². The summed E-state index contributed by atoms with van der Waals surface area (Å²) in [4.78, 5) is 13.9. The summed E-state index contributed by atoms with van der Waals surface area (Å²) in [5, 5.41) is 12.9. The molecule has 1 atom stereocenters. The van der Waals surface area contributed by atoms with Crippen LogP contribution >= 0.6 is 0 Å². The van der Waals surface area contributed by atoms with E-state index in [9.17, 15) is 18.7 Å². The molecule has 1 N–H and O–H groups in total. The number of alkyl halides is 2. The largest absolute Gasteiger partial charge is 0.394 e. The van der Waals surface area contributed by atoms with Crippen LogP contribution in [0.25, 0.3) is 0 Å². The van der Waals surface area contributed by atoms with Crippen molar-refractivity contribution >= 4 is 5.91 Å². The van der Waals surface area contributed by atoms with Gasteiger partial charge in [0.1, 0.15) is 5.69 Å². The van der Waals surface area contributed by atoms with E-state index >= 15 is 0 Å². The molecule has 1 amide bonds. The molecule has 0 aromatic carbocycles. The fourth-order valence-corrected chi connectivity index (χ4v) is 2.55. The molecule has 1 aliphatic heterocycles. The lowest BCUT2D eigenvalue weighted by Gasteiger charge is -2.42. The van der Waals surface area contributed by atoms with Gasteiger partial charge in [-0.05, 0) is 13.8 Å². The smallest absolute Gasteiger partial charge is 0.282 e. The van der Waals surface area contributed by atoms with Crippen molar-refractivity contribution in [2.24, 2.45) is 7.05 Å². The lowest BCUT2D eigenvalue weighted by molar-refractivity contribution is -0.139. The average molecular weight is 303 g/mol. The number of aryl methyl sites for hydroxylation is 1. The summed E-state index contributed by atoms with van der Waals surface area (Å²) in [6.45, 7) is 3.76. The van der Waals surface area contributed by atoms with Gasteiger partial charge in [0.05, 0.1) is 23.9 Å². The van der Waals surface area contributed by atoms with Gasteiger partial charge in [-0.15, -0.1) is 0 Å². The quantitative estimate of drug-likeness (QED) is 0.903. The molecule has 0 radical (unpaired) electrons. The molecule has 1 aromatic heterocycles. The molecule has 6 nitrogen and oxygen atoms in total. The predicted octanol–water partition coefficient (Wildman–Crippen LogP) is 0.970. The van der Waals surface area contributed by atoms with Gasteiger partial charge in [0.25, 0.3) is 12.3 Å². The molecule has 0 spiro atoms. The number of ether oxygens (including phenoxy) is 1. The van der Waals surface area contributed by atoms with Crippen LogP contribution in [0.1, 0.15) is 36.3 Å². The third kappa shape index (κ3) is 3.38. The number of nitrogens with zero attached hydrogens (tertiary/aromatic N) is 3. The number of amides is 1. The number of morpholine rings is 1. The topological polar surface area (TPSA) is 67.6 Å². The molecule has 0 saturated carbocycles. The fraction of sp³-hybridized carbons (Fsp3) is 0.692. The first-order valence-corrected chi connectivity index (χ1v) is 6.63. The van der Waals surface area contributed by atoms with E-state index in [1.54, 1.807) is 13.8 Å². The molecule has 8 heteroatoms. The Labute approximate surface area is 121 Å². The van der Waals surface area contributed by atoms with E-state index in [-0.39, 0.29) is 25.3 Å². The minimum atomic E-state index is -2.81. The molecule has 21 heavy (non-hydrogen) atoms. The van der Waals surface area contributed by atoms with Gasteiger partial charge in [0.2, 0.25) is 0 Å². The second-order valence-electron chi connectivity index (χ2n) is 5.77.